The molecule has 0 amide bonds. The fraction of sp³-hybridized carbons (Fsp3) is 0.250. The molecule has 0 saturated heterocycles. The van der Waals surface area contributed by atoms with E-state index < -0.39 is 0 Å². The van der Waals surface area contributed by atoms with Gasteiger partial charge in [-0.2, -0.15) is 0 Å². The van der Waals surface area contributed by atoms with Gasteiger partial charge in [-0.1, -0.05) is 24.3 Å². The van der Waals surface area contributed by atoms with Crippen molar-refractivity contribution >= 4 is 0 Å². The van der Waals surface area contributed by atoms with Gasteiger partial charge in [0.2, 0.25) is 0 Å². The quantitative estimate of drug-likeness (QED) is 0.796. The maximum atomic E-state index is 5.19. The summed E-state index contributed by atoms with van der Waals surface area (Å²) in [5.74, 6) is 1.74. The Morgan fingerprint density at radius 1 is 0.789 bits per heavy atom. The lowest BCUT2D eigenvalue weighted by Crippen LogP contribution is -2.05. The maximum Gasteiger partial charge on any atom is 0.119 e. The molecule has 99 valence electrons. The largest absolute Gasteiger partial charge is 0.497 e. The number of rotatable bonds is 6. The van der Waals surface area contributed by atoms with Crippen LogP contribution in [0.5, 0.6) is 11.5 Å². The van der Waals surface area contributed by atoms with Gasteiger partial charge in [-0.15, -0.1) is 0 Å². The van der Waals surface area contributed by atoms with Crippen molar-refractivity contribution in [2.75, 3.05) is 14.2 Å². The van der Waals surface area contributed by atoms with E-state index in [9.17, 15) is 0 Å². The highest BCUT2D eigenvalue weighted by Crippen LogP contribution is 2.14. The first-order chi connectivity index (χ1) is 9.31. The van der Waals surface area contributed by atoms with Gasteiger partial charge in [0.05, 0.1) is 14.2 Å². The van der Waals surface area contributed by atoms with Crippen LogP contribution in [-0.2, 0) is 13.1 Å². The molecule has 0 aliphatic rings. The fourth-order valence-corrected chi connectivity index (χ4v) is 1.86. The number of hydrogen-bond donors (Lipinski definition) is 0. The van der Waals surface area contributed by atoms with Crippen molar-refractivity contribution in [3.63, 3.8) is 0 Å². The Labute approximate surface area is 114 Å². The normalized spacial score (nSPS) is 10.2. The van der Waals surface area contributed by atoms with Crippen LogP contribution in [0.2, 0.25) is 0 Å². The molecule has 0 bridgehead atoms. The molecule has 0 aliphatic carbocycles. The molecule has 0 heterocycles. The minimum absolute atomic E-state index is 0.689. The first-order valence-electron chi connectivity index (χ1n) is 6.21. The van der Waals surface area contributed by atoms with Gasteiger partial charge in [-0.05, 0) is 35.4 Å². The van der Waals surface area contributed by atoms with E-state index in [2.05, 4.69) is 17.4 Å². The van der Waals surface area contributed by atoms with Crippen molar-refractivity contribution in [3.05, 3.63) is 59.7 Å². The van der Waals surface area contributed by atoms with Gasteiger partial charge in [0.25, 0.3) is 0 Å². The summed E-state index contributed by atoms with van der Waals surface area (Å²) in [6.07, 6.45) is 0. The summed E-state index contributed by atoms with van der Waals surface area (Å²) in [7, 11) is 3.35. The summed E-state index contributed by atoms with van der Waals surface area (Å²) in [5, 5.41) is 4.55. The fourth-order valence-electron chi connectivity index (χ4n) is 1.86. The van der Waals surface area contributed by atoms with E-state index >= 15 is 0 Å². The second-order valence-electron chi connectivity index (χ2n) is 4.24. The summed E-state index contributed by atoms with van der Waals surface area (Å²) in [6.45, 7) is 1.38. The second-order valence-corrected chi connectivity index (χ2v) is 4.24. The Morgan fingerprint density at radius 3 is 1.68 bits per heavy atom. The Hall–Kier alpha value is -2.00. The average Bonchev–Trinajstić information content (AvgIpc) is 2.48. The zero-order valence-electron chi connectivity index (χ0n) is 11.3. The van der Waals surface area contributed by atoms with Crippen molar-refractivity contribution in [2.45, 2.75) is 13.1 Å². The molecule has 0 atom stereocenters. The lowest BCUT2D eigenvalue weighted by molar-refractivity contribution is 0.413. The average molecular weight is 256 g/mol. The van der Waals surface area contributed by atoms with E-state index in [4.69, 9.17) is 9.47 Å². The van der Waals surface area contributed by atoms with Crippen molar-refractivity contribution < 1.29 is 9.47 Å². The van der Waals surface area contributed by atoms with Crippen LogP contribution in [0.1, 0.15) is 11.1 Å². The standard InChI is InChI=1S/C16H18NO2/c1-18-15-7-3-5-13(9-15)11-17-12-14-6-4-8-16(10-14)19-2/h3-10H,11-12H2,1-2H3. The molecule has 2 rings (SSSR count). The molecule has 3 nitrogen and oxygen atoms in total. The molecule has 2 aromatic carbocycles. The molecule has 19 heavy (non-hydrogen) atoms. The molecule has 3 heteroatoms. The predicted molar refractivity (Wildman–Crippen MR) is 75.5 cm³/mol. The first kappa shape index (κ1) is 13.4. The van der Waals surface area contributed by atoms with Gasteiger partial charge in [0.1, 0.15) is 11.5 Å². The summed E-state index contributed by atoms with van der Waals surface area (Å²) < 4.78 is 10.4. The van der Waals surface area contributed by atoms with Gasteiger partial charge in [0, 0.05) is 13.1 Å². The summed E-state index contributed by atoms with van der Waals surface area (Å²) in [4.78, 5) is 0. The van der Waals surface area contributed by atoms with Gasteiger partial charge >= 0.3 is 0 Å². The minimum atomic E-state index is 0.689. The number of hydrogen-bond acceptors (Lipinski definition) is 2. The molecule has 0 fully saturated rings. The number of nitrogens with zero attached hydrogens (tertiary/aromatic N) is 1. The summed E-state index contributed by atoms with van der Waals surface area (Å²) >= 11 is 0. The zero-order valence-corrected chi connectivity index (χ0v) is 11.3. The van der Waals surface area contributed by atoms with Crippen LogP contribution in [0.3, 0.4) is 0 Å². The van der Waals surface area contributed by atoms with Crippen LogP contribution in [0.4, 0.5) is 0 Å². The molecular formula is C16H18NO2. The minimum Gasteiger partial charge on any atom is -0.497 e. The van der Waals surface area contributed by atoms with E-state index in [-0.39, 0.29) is 0 Å². The molecule has 0 saturated carbocycles. The monoisotopic (exact) mass is 256 g/mol. The topological polar surface area (TPSA) is 32.6 Å². The Balaban J connectivity index is 1.88. The first-order valence-corrected chi connectivity index (χ1v) is 6.21. The van der Waals surface area contributed by atoms with E-state index in [1.165, 1.54) is 0 Å². The highest BCUT2D eigenvalue weighted by molar-refractivity contribution is 5.29. The summed E-state index contributed by atoms with van der Waals surface area (Å²) in [5.41, 5.74) is 2.31. The smallest absolute Gasteiger partial charge is 0.119 e. The van der Waals surface area contributed by atoms with Crippen LogP contribution in [0.15, 0.2) is 48.5 Å². The van der Waals surface area contributed by atoms with E-state index in [1.807, 2.05) is 36.4 Å². The number of benzene rings is 2. The van der Waals surface area contributed by atoms with Crippen LogP contribution < -0.4 is 14.8 Å². The third-order valence-electron chi connectivity index (χ3n) is 2.86. The van der Waals surface area contributed by atoms with Gasteiger partial charge in [0.15, 0.2) is 0 Å². The lowest BCUT2D eigenvalue weighted by atomic mass is 10.2. The Morgan fingerprint density at radius 2 is 1.26 bits per heavy atom. The maximum absolute atomic E-state index is 5.19. The molecule has 0 aliphatic heterocycles. The SMILES string of the molecule is COc1cccc(C[N]Cc2cccc(OC)c2)c1. The Kier molecular flexibility index (Phi) is 4.81. The van der Waals surface area contributed by atoms with E-state index in [1.54, 1.807) is 14.2 Å². The van der Waals surface area contributed by atoms with E-state index in [0.29, 0.717) is 13.1 Å². The van der Waals surface area contributed by atoms with Crippen LogP contribution >= 0.6 is 0 Å². The van der Waals surface area contributed by atoms with Crippen LogP contribution in [0.25, 0.3) is 0 Å². The van der Waals surface area contributed by atoms with Crippen LogP contribution in [-0.4, -0.2) is 14.2 Å². The highest BCUT2D eigenvalue weighted by atomic mass is 16.5. The third kappa shape index (κ3) is 4.00. The van der Waals surface area contributed by atoms with Crippen molar-refractivity contribution in [1.29, 1.82) is 0 Å². The lowest BCUT2D eigenvalue weighted by Gasteiger charge is -2.06. The number of methoxy groups -OCH3 is 2. The summed E-state index contributed by atoms with van der Waals surface area (Å²) in [6, 6.07) is 16.0. The van der Waals surface area contributed by atoms with Crippen molar-refractivity contribution in [3.8, 4) is 11.5 Å². The molecule has 0 N–H and O–H groups in total. The second kappa shape index (κ2) is 6.81. The molecule has 0 unspecified atom stereocenters. The molecule has 1 radical (unpaired) electrons. The third-order valence-corrected chi connectivity index (χ3v) is 2.86. The Bertz CT molecular complexity index is 478. The van der Waals surface area contributed by atoms with E-state index in [0.717, 1.165) is 22.6 Å². The molecule has 0 aromatic heterocycles. The van der Waals surface area contributed by atoms with Crippen LogP contribution in [0, 0.1) is 0 Å². The predicted octanol–water partition coefficient (Wildman–Crippen LogP) is 3.01. The van der Waals surface area contributed by atoms with Gasteiger partial charge in [-0.25, -0.2) is 5.32 Å². The number of ether oxygens (including phenoxy) is 2. The zero-order chi connectivity index (χ0) is 13.5. The van der Waals surface area contributed by atoms with Gasteiger partial charge < -0.3 is 9.47 Å². The van der Waals surface area contributed by atoms with Crippen molar-refractivity contribution in [2.24, 2.45) is 0 Å². The van der Waals surface area contributed by atoms with Gasteiger partial charge in [-0.3, -0.25) is 0 Å². The van der Waals surface area contributed by atoms with Crippen molar-refractivity contribution in [1.82, 2.24) is 5.32 Å². The molecular weight excluding hydrogens is 238 g/mol. The highest BCUT2D eigenvalue weighted by Gasteiger charge is 1.99. The molecule has 2 aromatic rings. The molecule has 0 spiro atoms.